The first-order valence-corrected chi connectivity index (χ1v) is 6.47. The average Bonchev–Trinajstić information content (AvgIpc) is 2.68. The Hall–Kier alpha value is -0.0400. The first kappa shape index (κ1) is 15.0. The van der Waals surface area contributed by atoms with E-state index in [0.29, 0.717) is 18.5 Å². The van der Waals surface area contributed by atoms with Gasteiger partial charge in [-0.25, -0.2) is 0 Å². The third-order valence-electron chi connectivity index (χ3n) is 3.85. The molecule has 0 amide bonds. The average molecular weight is 353 g/mol. The summed E-state index contributed by atoms with van der Waals surface area (Å²) >= 11 is 0. The van der Waals surface area contributed by atoms with Crippen molar-refractivity contribution in [3.05, 3.63) is 0 Å². The van der Waals surface area contributed by atoms with Crippen molar-refractivity contribution in [1.82, 2.24) is 5.32 Å². The Labute approximate surface area is 120 Å². The van der Waals surface area contributed by atoms with E-state index in [-0.39, 0.29) is 24.0 Å². The standard InChI is InChI=1S/C12H23N3O.HI/c13-11(15-10-4-1-2-5-10)14-9-8-12(16)6-3-7-12;/h10,16H,1-9H2,(H3,13,14,15);1H. The van der Waals surface area contributed by atoms with Crippen molar-refractivity contribution in [2.24, 2.45) is 10.7 Å². The first-order chi connectivity index (χ1) is 7.68. The van der Waals surface area contributed by atoms with Crippen LogP contribution in [0.15, 0.2) is 4.99 Å². The van der Waals surface area contributed by atoms with E-state index in [9.17, 15) is 5.11 Å². The zero-order chi connectivity index (χ0) is 11.4. The zero-order valence-corrected chi connectivity index (χ0v) is 12.7. The number of hydrogen-bond acceptors (Lipinski definition) is 2. The zero-order valence-electron chi connectivity index (χ0n) is 10.3. The number of aliphatic hydroxyl groups is 1. The molecule has 2 aliphatic rings. The Morgan fingerprint density at radius 1 is 1.29 bits per heavy atom. The van der Waals surface area contributed by atoms with E-state index < -0.39 is 5.60 Å². The van der Waals surface area contributed by atoms with Crippen LogP contribution >= 0.6 is 24.0 Å². The van der Waals surface area contributed by atoms with Crippen LogP contribution in [-0.4, -0.2) is 29.3 Å². The van der Waals surface area contributed by atoms with Gasteiger partial charge in [-0.3, -0.25) is 4.99 Å². The van der Waals surface area contributed by atoms with Crippen LogP contribution in [-0.2, 0) is 0 Å². The molecule has 0 radical (unpaired) electrons. The normalized spacial score (nSPS) is 23.9. The molecule has 2 saturated carbocycles. The summed E-state index contributed by atoms with van der Waals surface area (Å²) in [6, 6.07) is 0.524. The predicted molar refractivity (Wildman–Crippen MR) is 80.7 cm³/mol. The lowest BCUT2D eigenvalue weighted by molar-refractivity contribution is -0.0377. The summed E-state index contributed by atoms with van der Waals surface area (Å²) in [5.41, 5.74) is 5.37. The molecule has 0 bridgehead atoms. The number of nitrogens with zero attached hydrogens (tertiary/aromatic N) is 1. The fourth-order valence-electron chi connectivity index (χ4n) is 2.54. The van der Waals surface area contributed by atoms with Gasteiger partial charge in [0.25, 0.3) is 0 Å². The van der Waals surface area contributed by atoms with Crippen LogP contribution in [0, 0.1) is 0 Å². The van der Waals surface area contributed by atoms with Gasteiger partial charge in [0.1, 0.15) is 0 Å². The Bertz CT molecular complexity index is 260. The van der Waals surface area contributed by atoms with Crippen molar-refractivity contribution < 1.29 is 5.11 Å². The SMILES string of the molecule is I.NC(=NCCC1(O)CCC1)NC1CCCC1. The van der Waals surface area contributed by atoms with Crippen molar-refractivity contribution in [3.63, 3.8) is 0 Å². The summed E-state index contributed by atoms with van der Waals surface area (Å²) in [5.74, 6) is 0.551. The van der Waals surface area contributed by atoms with Crippen molar-refractivity contribution in [3.8, 4) is 0 Å². The smallest absolute Gasteiger partial charge is 0.188 e. The molecule has 2 aliphatic carbocycles. The highest BCUT2D eigenvalue weighted by atomic mass is 127. The molecular formula is C12H24IN3O. The second kappa shape index (κ2) is 6.78. The molecule has 0 aromatic rings. The van der Waals surface area contributed by atoms with E-state index in [1.807, 2.05) is 0 Å². The summed E-state index contributed by atoms with van der Waals surface area (Å²) in [4.78, 5) is 4.28. The van der Waals surface area contributed by atoms with Gasteiger partial charge >= 0.3 is 0 Å². The van der Waals surface area contributed by atoms with Crippen molar-refractivity contribution >= 4 is 29.9 Å². The second-order valence-corrected chi connectivity index (χ2v) is 5.22. The van der Waals surface area contributed by atoms with E-state index in [4.69, 9.17) is 5.73 Å². The summed E-state index contributed by atoms with van der Waals surface area (Å²) in [7, 11) is 0. The molecule has 2 fully saturated rings. The maximum Gasteiger partial charge on any atom is 0.188 e. The Balaban J connectivity index is 0.00000144. The molecule has 4 N–H and O–H groups in total. The first-order valence-electron chi connectivity index (χ1n) is 6.47. The molecule has 17 heavy (non-hydrogen) atoms. The maximum absolute atomic E-state index is 9.88. The lowest BCUT2D eigenvalue weighted by atomic mass is 9.78. The second-order valence-electron chi connectivity index (χ2n) is 5.22. The fraction of sp³-hybridized carbons (Fsp3) is 0.917. The van der Waals surface area contributed by atoms with E-state index in [2.05, 4.69) is 10.3 Å². The lowest BCUT2D eigenvalue weighted by Crippen LogP contribution is -2.40. The molecule has 5 heteroatoms. The Kier molecular flexibility index (Phi) is 5.99. The van der Waals surface area contributed by atoms with Gasteiger partial charge in [-0.05, 0) is 38.5 Å². The van der Waals surface area contributed by atoms with Crippen LogP contribution in [0.1, 0.15) is 51.4 Å². The van der Waals surface area contributed by atoms with Gasteiger partial charge < -0.3 is 16.2 Å². The number of nitrogens with two attached hydrogens (primary N) is 1. The van der Waals surface area contributed by atoms with Gasteiger partial charge in [0.2, 0.25) is 0 Å². The molecule has 0 aromatic heterocycles. The third kappa shape index (κ3) is 4.62. The monoisotopic (exact) mass is 353 g/mol. The number of nitrogens with one attached hydrogen (secondary N) is 1. The van der Waals surface area contributed by atoms with Crippen molar-refractivity contribution in [2.45, 2.75) is 63.0 Å². The van der Waals surface area contributed by atoms with Crippen molar-refractivity contribution in [1.29, 1.82) is 0 Å². The van der Waals surface area contributed by atoms with Crippen LogP contribution in [0.3, 0.4) is 0 Å². The van der Waals surface area contributed by atoms with Gasteiger partial charge in [-0.15, -0.1) is 24.0 Å². The molecule has 0 aliphatic heterocycles. The number of halogens is 1. The van der Waals surface area contributed by atoms with Gasteiger partial charge in [-0.1, -0.05) is 12.8 Å². The minimum absolute atomic E-state index is 0. The number of hydrogen-bond donors (Lipinski definition) is 3. The maximum atomic E-state index is 9.88. The molecular weight excluding hydrogens is 329 g/mol. The number of guanidine groups is 1. The minimum Gasteiger partial charge on any atom is -0.390 e. The molecule has 0 saturated heterocycles. The van der Waals surface area contributed by atoms with Gasteiger partial charge in [0.05, 0.1) is 5.60 Å². The van der Waals surface area contributed by atoms with Crippen LogP contribution in [0.4, 0.5) is 0 Å². The summed E-state index contributed by atoms with van der Waals surface area (Å²) in [5, 5.41) is 13.1. The van der Waals surface area contributed by atoms with Gasteiger partial charge in [0.15, 0.2) is 5.96 Å². The van der Waals surface area contributed by atoms with Crippen LogP contribution in [0.2, 0.25) is 0 Å². The quantitative estimate of drug-likeness (QED) is 0.410. The molecule has 0 unspecified atom stereocenters. The van der Waals surface area contributed by atoms with E-state index in [1.54, 1.807) is 0 Å². The van der Waals surface area contributed by atoms with E-state index in [1.165, 1.54) is 25.7 Å². The van der Waals surface area contributed by atoms with Gasteiger partial charge in [0, 0.05) is 12.6 Å². The summed E-state index contributed by atoms with van der Waals surface area (Å²) in [6.07, 6.45) is 8.77. The molecule has 4 nitrogen and oxygen atoms in total. The molecule has 0 atom stereocenters. The van der Waals surface area contributed by atoms with Crippen molar-refractivity contribution in [2.75, 3.05) is 6.54 Å². The molecule has 0 spiro atoms. The van der Waals surface area contributed by atoms with Gasteiger partial charge in [-0.2, -0.15) is 0 Å². The molecule has 2 rings (SSSR count). The summed E-state index contributed by atoms with van der Waals surface area (Å²) < 4.78 is 0. The third-order valence-corrected chi connectivity index (χ3v) is 3.85. The molecule has 0 heterocycles. The minimum atomic E-state index is -0.433. The van der Waals surface area contributed by atoms with Crippen LogP contribution in [0.25, 0.3) is 0 Å². The highest BCUT2D eigenvalue weighted by molar-refractivity contribution is 14.0. The molecule has 100 valence electrons. The fourth-order valence-corrected chi connectivity index (χ4v) is 2.54. The van der Waals surface area contributed by atoms with E-state index >= 15 is 0 Å². The number of aliphatic imine (C=N–C) groups is 1. The largest absolute Gasteiger partial charge is 0.390 e. The lowest BCUT2D eigenvalue weighted by Gasteiger charge is -2.36. The van der Waals surface area contributed by atoms with E-state index in [0.717, 1.165) is 25.7 Å². The highest BCUT2D eigenvalue weighted by Crippen LogP contribution is 2.34. The highest BCUT2D eigenvalue weighted by Gasteiger charge is 2.33. The summed E-state index contributed by atoms with van der Waals surface area (Å²) in [6.45, 7) is 0.641. The topological polar surface area (TPSA) is 70.6 Å². The van der Waals surface area contributed by atoms with Crippen LogP contribution in [0.5, 0.6) is 0 Å². The number of rotatable bonds is 4. The molecule has 0 aromatic carbocycles. The Morgan fingerprint density at radius 3 is 2.47 bits per heavy atom. The van der Waals surface area contributed by atoms with Crippen LogP contribution < -0.4 is 11.1 Å². The predicted octanol–water partition coefficient (Wildman–Crippen LogP) is 1.76. The Morgan fingerprint density at radius 2 is 1.94 bits per heavy atom.